The zero-order valence-corrected chi connectivity index (χ0v) is 13.4. The van der Waals surface area contributed by atoms with Crippen LogP contribution in [0, 0.1) is 5.92 Å². The van der Waals surface area contributed by atoms with Gasteiger partial charge < -0.3 is 14.6 Å². The van der Waals surface area contributed by atoms with Crippen molar-refractivity contribution in [2.45, 2.75) is 18.9 Å². The Balaban J connectivity index is 1.47. The average Bonchev–Trinajstić information content (AvgIpc) is 3.06. The molecule has 3 aliphatic rings. The third-order valence-electron chi connectivity index (χ3n) is 4.81. The molecule has 3 saturated heterocycles. The minimum absolute atomic E-state index is 0.143. The van der Waals surface area contributed by atoms with Crippen LogP contribution in [0.15, 0.2) is 34.9 Å². The van der Waals surface area contributed by atoms with Crippen LogP contribution in [0.25, 0.3) is 11.3 Å². The topological polar surface area (TPSA) is 58.4 Å². The van der Waals surface area contributed by atoms with Gasteiger partial charge in [-0.15, -0.1) is 0 Å². The first kappa shape index (κ1) is 14.7. The molecule has 5 nitrogen and oxygen atoms in total. The van der Waals surface area contributed by atoms with Crippen molar-refractivity contribution in [1.29, 1.82) is 0 Å². The van der Waals surface area contributed by atoms with Crippen molar-refractivity contribution in [3.63, 3.8) is 0 Å². The summed E-state index contributed by atoms with van der Waals surface area (Å²) in [6.45, 7) is 3.26. The van der Waals surface area contributed by atoms with Crippen molar-refractivity contribution in [1.82, 2.24) is 15.2 Å². The Hall–Kier alpha value is -1.85. The maximum atomic E-state index is 12.4. The Labute approximate surface area is 139 Å². The van der Waals surface area contributed by atoms with E-state index >= 15 is 0 Å². The number of fused-ring (bicyclic) bond motifs is 3. The number of nitrogens with zero attached hydrogens (tertiary/aromatic N) is 2. The molecule has 1 atom stereocenters. The molecule has 120 valence electrons. The van der Waals surface area contributed by atoms with Crippen molar-refractivity contribution in [2.24, 2.45) is 5.92 Å². The number of carbonyl (C=O) groups is 1. The van der Waals surface area contributed by atoms with Crippen molar-refractivity contribution < 1.29 is 9.21 Å². The van der Waals surface area contributed by atoms with E-state index in [4.69, 9.17) is 16.0 Å². The Morgan fingerprint density at radius 2 is 2.13 bits per heavy atom. The second-order valence-corrected chi connectivity index (χ2v) is 6.64. The Bertz CT molecular complexity index is 722. The third-order valence-corrected chi connectivity index (χ3v) is 5.02. The Morgan fingerprint density at radius 1 is 1.30 bits per heavy atom. The van der Waals surface area contributed by atoms with E-state index in [1.165, 1.54) is 12.8 Å². The normalized spacial score (nSPS) is 26.2. The van der Waals surface area contributed by atoms with Crippen LogP contribution >= 0.6 is 11.6 Å². The van der Waals surface area contributed by atoms with E-state index in [1.54, 1.807) is 30.5 Å². The fourth-order valence-corrected chi connectivity index (χ4v) is 3.71. The standard InChI is InChI=1S/C17H18ClN3O2/c18-16-9-12(3-6-19-16)14-1-2-15(23-14)17(22)20-13-10-21-7-4-11(13)5-8-21/h1-3,6,9,11,13H,4-5,7-8,10H2,(H,20,22)/t13-/m0/s1. The number of hydrogen-bond acceptors (Lipinski definition) is 4. The van der Waals surface area contributed by atoms with Crippen LogP contribution < -0.4 is 5.32 Å². The van der Waals surface area contributed by atoms with Gasteiger partial charge in [-0.3, -0.25) is 4.79 Å². The van der Waals surface area contributed by atoms with Gasteiger partial charge in [-0.05, 0) is 56.1 Å². The first-order chi connectivity index (χ1) is 11.2. The van der Waals surface area contributed by atoms with Gasteiger partial charge in [-0.1, -0.05) is 11.6 Å². The number of aromatic nitrogens is 1. The van der Waals surface area contributed by atoms with Gasteiger partial charge in [0, 0.05) is 24.3 Å². The molecule has 2 aromatic heterocycles. The maximum Gasteiger partial charge on any atom is 0.287 e. The minimum atomic E-state index is -0.143. The van der Waals surface area contributed by atoms with Gasteiger partial charge in [0.15, 0.2) is 5.76 Å². The second-order valence-electron chi connectivity index (χ2n) is 6.25. The molecule has 0 saturated carbocycles. The molecule has 0 aliphatic carbocycles. The van der Waals surface area contributed by atoms with Gasteiger partial charge in [0.1, 0.15) is 10.9 Å². The minimum Gasteiger partial charge on any atom is -0.451 e. The molecule has 5 rings (SSSR count). The highest BCUT2D eigenvalue weighted by molar-refractivity contribution is 6.29. The molecule has 3 fully saturated rings. The molecule has 1 N–H and O–H groups in total. The fraction of sp³-hybridized carbons (Fsp3) is 0.412. The van der Waals surface area contributed by atoms with E-state index in [9.17, 15) is 4.79 Å². The van der Waals surface area contributed by atoms with Gasteiger partial charge >= 0.3 is 0 Å². The molecule has 2 aromatic rings. The fourth-order valence-electron chi connectivity index (χ4n) is 3.54. The zero-order valence-electron chi connectivity index (χ0n) is 12.7. The predicted molar refractivity (Wildman–Crippen MR) is 87.4 cm³/mol. The van der Waals surface area contributed by atoms with Crippen LogP contribution in [0.2, 0.25) is 5.15 Å². The van der Waals surface area contributed by atoms with Crippen LogP contribution in [-0.4, -0.2) is 41.5 Å². The van der Waals surface area contributed by atoms with Crippen LogP contribution in [0.1, 0.15) is 23.4 Å². The lowest BCUT2D eigenvalue weighted by atomic mass is 9.84. The molecule has 5 heterocycles. The predicted octanol–water partition coefficient (Wildman–Crippen LogP) is 2.82. The number of furan rings is 1. The second kappa shape index (κ2) is 5.98. The molecule has 0 aromatic carbocycles. The summed E-state index contributed by atoms with van der Waals surface area (Å²) in [6.07, 6.45) is 3.96. The molecule has 0 radical (unpaired) electrons. The molecule has 0 spiro atoms. The summed E-state index contributed by atoms with van der Waals surface area (Å²) >= 11 is 5.89. The molecule has 1 amide bonds. The number of halogens is 1. The lowest BCUT2D eigenvalue weighted by molar-refractivity contribution is 0.0606. The number of pyridine rings is 1. The lowest BCUT2D eigenvalue weighted by Gasteiger charge is -2.44. The van der Waals surface area contributed by atoms with Gasteiger partial charge in [-0.25, -0.2) is 4.98 Å². The highest BCUT2D eigenvalue weighted by atomic mass is 35.5. The number of nitrogens with one attached hydrogen (secondary N) is 1. The number of carbonyl (C=O) groups excluding carboxylic acids is 1. The summed E-state index contributed by atoms with van der Waals surface area (Å²) in [4.78, 5) is 18.8. The number of amides is 1. The molecule has 23 heavy (non-hydrogen) atoms. The summed E-state index contributed by atoms with van der Waals surface area (Å²) in [6, 6.07) is 7.25. The maximum absolute atomic E-state index is 12.4. The molecular formula is C17H18ClN3O2. The summed E-state index contributed by atoms with van der Waals surface area (Å²) in [7, 11) is 0. The quantitative estimate of drug-likeness (QED) is 0.879. The van der Waals surface area contributed by atoms with E-state index < -0.39 is 0 Å². The molecule has 6 heteroatoms. The summed E-state index contributed by atoms with van der Waals surface area (Å²) in [5.41, 5.74) is 0.812. The Kier molecular flexibility index (Phi) is 3.83. The molecular weight excluding hydrogens is 314 g/mol. The van der Waals surface area contributed by atoms with Crippen molar-refractivity contribution >= 4 is 17.5 Å². The largest absolute Gasteiger partial charge is 0.451 e. The van der Waals surface area contributed by atoms with E-state index in [1.807, 2.05) is 0 Å². The number of hydrogen-bond donors (Lipinski definition) is 1. The first-order valence-corrected chi connectivity index (χ1v) is 8.32. The van der Waals surface area contributed by atoms with Gasteiger partial charge in [0.2, 0.25) is 0 Å². The Morgan fingerprint density at radius 3 is 2.83 bits per heavy atom. The van der Waals surface area contributed by atoms with Gasteiger partial charge in [-0.2, -0.15) is 0 Å². The summed E-state index contributed by atoms with van der Waals surface area (Å²) < 4.78 is 5.70. The van der Waals surface area contributed by atoms with Crippen molar-refractivity contribution in [3.05, 3.63) is 41.4 Å². The van der Waals surface area contributed by atoms with E-state index in [2.05, 4.69) is 15.2 Å². The van der Waals surface area contributed by atoms with Crippen molar-refractivity contribution in [3.8, 4) is 11.3 Å². The van der Waals surface area contributed by atoms with Crippen LogP contribution in [0.4, 0.5) is 0 Å². The van der Waals surface area contributed by atoms with Gasteiger partial charge in [0.25, 0.3) is 5.91 Å². The molecule has 0 unspecified atom stereocenters. The average molecular weight is 332 g/mol. The lowest BCUT2D eigenvalue weighted by Crippen LogP contribution is -2.57. The van der Waals surface area contributed by atoms with E-state index in [-0.39, 0.29) is 11.9 Å². The van der Waals surface area contributed by atoms with Crippen LogP contribution in [0.3, 0.4) is 0 Å². The third kappa shape index (κ3) is 2.99. The van der Waals surface area contributed by atoms with Crippen LogP contribution in [-0.2, 0) is 0 Å². The first-order valence-electron chi connectivity index (χ1n) is 7.94. The van der Waals surface area contributed by atoms with E-state index in [0.29, 0.717) is 22.6 Å². The monoisotopic (exact) mass is 331 g/mol. The van der Waals surface area contributed by atoms with Crippen molar-refractivity contribution in [2.75, 3.05) is 19.6 Å². The SMILES string of the molecule is O=C(N[C@H]1CN2CCC1CC2)c1ccc(-c2ccnc(Cl)c2)o1. The molecule has 3 aliphatic heterocycles. The highest BCUT2D eigenvalue weighted by Gasteiger charge is 2.35. The number of piperidine rings is 3. The van der Waals surface area contributed by atoms with Crippen LogP contribution in [0.5, 0.6) is 0 Å². The summed E-state index contributed by atoms with van der Waals surface area (Å²) in [5.74, 6) is 1.41. The summed E-state index contributed by atoms with van der Waals surface area (Å²) in [5, 5.41) is 3.53. The molecule has 2 bridgehead atoms. The smallest absolute Gasteiger partial charge is 0.287 e. The van der Waals surface area contributed by atoms with E-state index in [0.717, 1.165) is 25.2 Å². The highest BCUT2D eigenvalue weighted by Crippen LogP contribution is 2.28. The van der Waals surface area contributed by atoms with Gasteiger partial charge in [0.05, 0.1) is 0 Å². The zero-order chi connectivity index (χ0) is 15.8. The number of rotatable bonds is 3.